The van der Waals surface area contributed by atoms with Gasteiger partial charge in [-0.1, -0.05) is 30.9 Å². The van der Waals surface area contributed by atoms with Crippen LogP contribution in [0.25, 0.3) is 0 Å². The topological polar surface area (TPSA) is 49.8 Å². The lowest BCUT2D eigenvalue weighted by Gasteiger charge is -2.42. The molecule has 6 heteroatoms. The number of fused-ring (bicyclic) bond motifs is 4. The summed E-state index contributed by atoms with van der Waals surface area (Å²) >= 11 is 0. The van der Waals surface area contributed by atoms with Gasteiger partial charge in [0.15, 0.2) is 5.78 Å². The maximum Gasteiger partial charge on any atom is 0.156 e. The lowest BCUT2D eigenvalue weighted by atomic mass is 9.61. The molecule has 5 unspecified atom stereocenters. The van der Waals surface area contributed by atoms with Gasteiger partial charge in [0.25, 0.3) is 0 Å². The molecule has 0 radical (unpaired) electrons. The second kappa shape index (κ2) is 9.98. The molecule has 2 aromatic rings. The minimum absolute atomic E-state index is 0.115. The third-order valence-electron chi connectivity index (χ3n) is 9.70. The first-order chi connectivity index (χ1) is 19.1. The molecule has 2 fully saturated rings. The number of carbonyl (C=O) groups excluding carboxylic acids is 1. The number of benzene rings is 2. The Morgan fingerprint density at radius 1 is 1.02 bits per heavy atom. The minimum atomic E-state index is -1.38. The fraction of sp³-hybridized carbons (Fsp3) is 0.441. The van der Waals surface area contributed by atoms with E-state index in [9.17, 15) is 18.7 Å². The van der Waals surface area contributed by atoms with Gasteiger partial charge in [-0.05, 0) is 96.6 Å². The monoisotopic (exact) mass is 543 g/mol. The number of nitrogens with zero attached hydrogens (tertiary/aromatic N) is 1. The first-order valence-electron chi connectivity index (χ1n) is 14.2. The quantitative estimate of drug-likeness (QED) is 0.452. The van der Waals surface area contributed by atoms with Gasteiger partial charge in [0.2, 0.25) is 0 Å². The molecule has 4 aliphatic rings. The molecule has 0 spiro atoms. The molecule has 1 heterocycles. The molecule has 1 N–H and O–H groups in total. The molecule has 3 aliphatic carbocycles. The lowest BCUT2D eigenvalue weighted by Crippen LogP contribution is -2.48. The molecule has 0 amide bonds. The minimum Gasteiger partial charge on any atom is -0.378 e. The predicted octanol–water partition coefficient (Wildman–Crippen LogP) is 6.30. The lowest BCUT2D eigenvalue weighted by molar-refractivity contribution is -0.114. The Balaban J connectivity index is 1.44. The molecular weight excluding hydrogens is 508 g/mol. The van der Waals surface area contributed by atoms with Crippen LogP contribution in [-0.4, -0.2) is 37.2 Å². The summed E-state index contributed by atoms with van der Waals surface area (Å²) in [6.07, 6.45) is 5.71. The number of halogens is 2. The van der Waals surface area contributed by atoms with Crippen LogP contribution in [0.15, 0.2) is 65.3 Å². The highest BCUT2D eigenvalue weighted by Crippen LogP contribution is 2.61. The van der Waals surface area contributed by atoms with Crippen molar-refractivity contribution in [2.75, 3.05) is 25.6 Å². The summed E-state index contributed by atoms with van der Waals surface area (Å²) in [4.78, 5) is 14.4. The first-order valence-corrected chi connectivity index (χ1v) is 14.2. The Labute approximate surface area is 234 Å². The van der Waals surface area contributed by atoms with Gasteiger partial charge < -0.3 is 14.7 Å². The van der Waals surface area contributed by atoms with Crippen molar-refractivity contribution >= 4 is 11.5 Å². The van der Waals surface area contributed by atoms with Crippen LogP contribution >= 0.6 is 0 Å². The Bertz CT molecular complexity index is 1460. The highest BCUT2D eigenvalue weighted by atomic mass is 19.1. The fourth-order valence-corrected chi connectivity index (χ4v) is 7.50. The summed E-state index contributed by atoms with van der Waals surface area (Å²) in [5.41, 5.74) is 3.93. The van der Waals surface area contributed by atoms with E-state index in [1.165, 1.54) is 23.3 Å². The fourth-order valence-electron chi connectivity index (χ4n) is 7.50. The summed E-state index contributed by atoms with van der Waals surface area (Å²) in [6.45, 7) is 2.35. The number of rotatable bonds is 2. The van der Waals surface area contributed by atoms with Crippen molar-refractivity contribution in [2.24, 2.45) is 17.3 Å². The molecular formula is C34H35F2NO3. The summed E-state index contributed by atoms with van der Waals surface area (Å²) in [5, 5.41) is 12.1. The van der Waals surface area contributed by atoms with Gasteiger partial charge in [0.05, 0.1) is 6.61 Å². The van der Waals surface area contributed by atoms with Crippen LogP contribution in [0.5, 0.6) is 0 Å². The number of ether oxygens (including phenoxy) is 1. The second-order valence-corrected chi connectivity index (χ2v) is 12.2. The van der Waals surface area contributed by atoms with Crippen LogP contribution in [0.1, 0.15) is 62.7 Å². The van der Waals surface area contributed by atoms with Crippen LogP contribution in [0.4, 0.5) is 14.5 Å². The highest BCUT2D eigenvalue weighted by Gasteiger charge is 2.61. The number of hydrogen-bond donors (Lipinski definition) is 1. The number of aliphatic hydroxyl groups is 1. The van der Waals surface area contributed by atoms with Crippen LogP contribution in [-0.2, 0) is 9.53 Å². The third-order valence-corrected chi connectivity index (χ3v) is 9.70. The van der Waals surface area contributed by atoms with Crippen molar-refractivity contribution in [3.8, 4) is 11.8 Å². The summed E-state index contributed by atoms with van der Waals surface area (Å²) < 4.78 is 34.4. The van der Waals surface area contributed by atoms with Gasteiger partial charge in [-0.3, -0.25) is 4.79 Å². The van der Waals surface area contributed by atoms with Gasteiger partial charge in [0.1, 0.15) is 23.3 Å². The van der Waals surface area contributed by atoms with E-state index in [0.717, 1.165) is 42.2 Å². The number of allylic oxidation sites excluding steroid dienone is 3. The summed E-state index contributed by atoms with van der Waals surface area (Å²) in [7, 11) is 4.02. The van der Waals surface area contributed by atoms with E-state index in [2.05, 4.69) is 47.9 Å². The molecule has 208 valence electrons. The Kier molecular flexibility index (Phi) is 6.71. The average molecular weight is 544 g/mol. The van der Waals surface area contributed by atoms with Crippen molar-refractivity contribution < 1.29 is 23.4 Å². The molecule has 40 heavy (non-hydrogen) atoms. The van der Waals surface area contributed by atoms with E-state index in [-0.39, 0.29) is 29.3 Å². The van der Waals surface area contributed by atoms with Gasteiger partial charge in [-0.2, -0.15) is 0 Å². The molecule has 4 nitrogen and oxygen atoms in total. The van der Waals surface area contributed by atoms with Gasteiger partial charge in [-0.25, -0.2) is 8.78 Å². The number of anilines is 1. The van der Waals surface area contributed by atoms with Crippen molar-refractivity contribution in [2.45, 2.75) is 57.2 Å². The van der Waals surface area contributed by atoms with Crippen LogP contribution in [0, 0.1) is 40.7 Å². The normalized spacial score (nSPS) is 31.3. The molecule has 1 aliphatic heterocycles. The Hall–Kier alpha value is -3.27. The highest BCUT2D eigenvalue weighted by molar-refractivity contribution is 5.93. The molecule has 0 aromatic heterocycles. The van der Waals surface area contributed by atoms with Crippen LogP contribution in [0.3, 0.4) is 0 Å². The average Bonchev–Trinajstić information content (AvgIpc) is 3.08. The second-order valence-electron chi connectivity index (χ2n) is 12.2. The smallest absolute Gasteiger partial charge is 0.156 e. The molecule has 1 saturated heterocycles. The van der Waals surface area contributed by atoms with E-state index in [1.54, 1.807) is 0 Å². The molecule has 6 rings (SSSR count). The van der Waals surface area contributed by atoms with Crippen LogP contribution in [0.2, 0.25) is 0 Å². The van der Waals surface area contributed by atoms with Crippen molar-refractivity contribution in [3.63, 3.8) is 0 Å². The Morgan fingerprint density at radius 3 is 2.45 bits per heavy atom. The SMILES string of the molecule is CN(C)c1ccc(C2OCC3(C)C(CCC3(O)C#Cc3cc(F)cc(F)c3)C3CCC4=CC(=O)CCC4=C23)cc1. The van der Waals surface area contributed by atoms with Crippen LogP contribution < -0.4 is 4.90 Å². The third kappa shape index (κ3) is 4.50. The Morgan fingerprint density at radius 2 is 1.75 bits per heavy atom. The van der Waals surface area contributed by atoms with E-state index in [4.69, 9.17) is 4.74 Å². The van der Waals surface area contributed by atoms with Gasteiger partial charge in [0, 0.05) is 43.2 Å². The van der Waals surface area contributed by atoms with E-state index >= 15 is 0 Å². The first kappa shape index (κ1) is 26.9. The van der Waals surface area contributed by atoms with Crippen molar-refractivity contribution in [3.05, 3.63) is 88.0 Å². The van der Waals surface area contributed by atoms with E-state index in [0.29, 0.717) is 25.9 Å². The summed E-state index contributed by atoms with van der Waals surface area (Å²) in [6, 6.07) is 11.6. The molecule has 2 aromatic carbocycles. The number of ketones is 1. The standard InChI is InChI=1S/C34H35F2NO3/c1-33-20-40-32(22-4-7-26(8-5-22)37(2)3)31-28-11-9-27(38)18-23(28)6-10-29(31)30(33)13-15-34(33,39)14-12-21-16-24(35)19-25(36)17-21/h4-5,7-8,16-19,29-30,32,39H,6,9-11,13,15,20H2,1-3H3. The van der Waals surface area contributed by atoms with Crippen molar-refractivity contribution in [1.29, 1.82) is 0 Å². The molecule has 0 bridgehead atoms. The van der Waals surface area contributed by atoms with Crippen molar-refractivity contribution in [1.82, 2.24) is 0 Å². The largest absolute Gasteiger partial charge is 0.378 e. The van der Waals surface area contributed by atoms with E-state index < -0.39 is 22.7 Å². The zero-order valence-corrected chi connectivity index (χ0v) is 23.3. The van der Waals surface area contributed by atoms with E-state index in [1.807, 2.05) is 20.2 Å². The number of carbonyl (C=O) groups is 1. The zero-order valence-electron chi connectivity index (χ0n) is 23.3. The summed E-state index contributed by atoms with van der Waals surface area (Å²) in [5.74, 6) is 5.00. The number of hydrogen-bond acceptors (Lipinski definition) is 4. The molecule has 1 saturated carbocycles. The maximum atomic E-state index is 13.8. The molecule has 5 atom stereocenters. The van der Waals surface area contributed by atoms with Gasteiger partial charge >= 0.3 is 0 Å². The zero-order chi connectivity index (χ0) is 28.2. The van der Waals surface area contributed by atoms with Gasteiger partial charge in [-0.15, -0.1) is 0 Å². The maximum absolute atomic E-state index is 13.8. The predicted molar refractivity (Wildman–Crippen MR) is 151 cm³/mol.